The van der Waals surface area contributed by atoms with Crippen molar-refractivity contribution in [3.8, 4) is 17.2 Å². The lowest BCUT2D eigenvalue weighted by Gasteiger charge is -2.30. The standard InChI is InChI=1S/C24H26BrNO4.C22H22BrNO4.C12H14BrNO2.C12H14O3/c1-3-29-23(28)24(13-16-10-11-18(25)12-17(16)14-24)26-22(27)20-9-4-6-15(2)21(20)30-19-7-5-8-19;1-13-4-2-7-18(19(13)28-17-5-3-6-17)20(25)24-22(21(26)27)11-14-8-9-16(23)10-15(14)12-22;1-2-16-11(15)12(14)6-8-3-4-10(13)5-9(8)7-12;1-8-4-2-7-10(12(13)14)11(8)15-9-5-3-6-9/h4,6,9-12,19H,3,5,7-8,13-14H2,1-2H3,(H,26,27);2,4,7-10,17H,3,5-6,11-12H2,1H3,(H,24,25)(H,26,27);3-5H,2,6-7,14H2,1H3;2,4,7,9H,3,5-6H2,1H3,(H,13,14). The number of aryl methyl sites for hydroxylation is 3. The highest BCUT2D eigenvalue weighted by atomic mass is 79.9. The molecule has 2 amide bonds. The minimum Gasteiger partial charge on any atom is -0.489 e. The van der Waals surface area contributed by atoms with Gasteiger partial charge in [-0.3, -0.25) is 14.4 Å². The van der Waals surface area contributed by atoms with E-state index in [1.807, 2.05) is 99.6 Å². The minimum atomic E-state index is -1.35. The molecule has 6 N–H and O–H groups in total. The third-order valence-corrected chi connectivity index (χ3v) is 18.8. The van der Waals surface area contributed by atoms with E-state index in [4.69, 9.17) is 34.5 Å². The van der Waals surface area contributed by atoms with E-state index in [9.17, 15) is 33.9 Å². The Balaban J connectivity index is 0.000000147. The van der Waals surface area contributed by atoms with E-state index in [1.165, 1.54) is 6.42 Å². The van der Waals surface area contributed by atoms with E-state index in [2.05, 4.69) is 58.4 Å². The van der Waals surface area contributed by atoms with Crippen LogP contribution in [0.15, 0.2) is 123 Å². The van der Waals surface area contributed by atoms with Crippen molar-refractivity contribution in [2.24, 2.45) is 5.73 Å². The van der Waals surface area contributed by atoms with Crippen molar-refractivity contribution in [1.29, 1.82) is 0 Å². The Labute approximate surface area is 544 Å². The zero-order chi connectivity index (χ0) is 63.8. The van der Waals surface area contributed by atoms with Gasteiger partial charge < -0.3 is 50.3 Å². The van der Waals surface area contributed by atoms with E-state index in [0.29, 0.717) is 60.7 Å². The summed E-state index contributed by atoms with van der Waals surface area (Å²) in [4.78, 5) is 74.4. The van der Waals surface area contributed by atoms with Gasteiger partial charge in [-0.1, -0.05) is 102 Å². The van der Waals surface area contributed by atoms with E-state index in [-0.39, 0.29) is 55.2 Å². The molecular weight excluding hydrogens is 1330 g/mol. The van der Waals surface area contributed by atoms with Crippen molar-refractivity contribution in [3.63, 3.8) is 0 Å². The quantitative estimate of drug-likeness (QED) is 0.0567. The van der Waals surface area contributed by atoms with Gasteiger partial charge in [0.1, 0.15) is 39.4 Å². The molecule has 19 heteroatoms. The molecule has 0 aromatic heterocycles. The number of benzene rings is 6. The maximum atomic E-state index is 13.4. The number of hydrogen-bond acceptors (Lipinski definition) is 12. The molecule has 0 spiro atoms. The predicted octanol–water partition coefficient (Wildman–Crippen LogP) is 13.0. The summed E-state index contributed by atoms with van der Waals surface area (Å²) < 4.78 is 31.1. The van der Waals surface area contributed by atoms with Crippen LogP contribution in [0.4, 0.5) is 0 Å². The molecule has 0 aliphatic heterocycles. The third-order valence-electron chi connectivity index (χ3n) is 17.3. The van der Waals surface area contributed by atoms with Crippen LogP contribution in [0.25, 0.3) is 0 Å². The zero-order valence-corrected chi connectivity index (χ0v) is 55.5. The number of carbonyl (C=O) groups excluding carboxylic acids is 4. The van der Waals surface area contributed by atoms with Gasteiger partial charge in [0.2, 0.25) is 0 Å². The first-order valence-corrected chi connectivity index (χ1v) is 32.8. The van der Waals surface area contributed by atoms with Gasteiger partial charge in [-0.05, 0) is 197 Å². The molecule has 0 heterocycles. The molecule has 89 heavy (non-hydrogen) atoms. The molecule has 6 aromatic rings. The van der Waals surface area contributed by atoms with Crippen molar-refractivity contribution in [2.45, 2.75) is 166 Å². The predicted molar refractivity (Wildman–Crippen MR) is 348 cm³/mol. The molecule has 6 aliphatic carbocycles. The van der Waals surface area contributed by atoms with Gasteiger partial charge in [0.15, 0.2) is 0 Å². The number of nitrogens with two attached hydrogens (primary N) is 1. The molecule has 0 radical (unpaired) electrons. The molecule has 3 fully saturated rings. The van der Waals surface area contributed by atoms with Crippen LogP contribution >= 0.6 is 47.8 Å². The van der Waals surface area contributed by atoms with Crippen LogP contribution in [0.1, 0.15) is 153 Å². The molecule has 6 aliphatic rings. The molecular formula is C70H76Br3N3O13. The topological polar surface area (TPSA) is 239 Å². The second-order valence-electron chi connectivity index (χ2n) is 23.9. The lowest BCUT2D eigenvalue weighted by molar-refractivity contribution is -0.150. The number of fused-ring (bicyclic) bond motifs is 3. The van der Waals surface area contributed by atoms with Crippen LogP contribution in [0.5, 0.6) is 17.2 Å². The van der Waals surface area contributed by atoms with Gasteiger partial charge in [-0.2, -0.15) is 0 Å². The fraction of sp³-hybridized carbons (Fsp3) is 0.400. The molecule has 0 bridgehead atoms. The summed E-state index contributed by atoms with van der Waals surface area (Å²) in [5.74, 6) is -1.67. The van der Waals surface area contributed by atoms with Crippen molar-refractivity contribution < 1.29 is 62.7 Å². The molecule has 0 saturated heterocycles. The average Bonchev–Trinajstić information content (AvgIpc) is 1.82. The summed E-state index contributed by atoms with van der Waals surface area (Å²) in [5, 5.41) is 24.8. The average molecular weight is 1410 g/mol. The number of nitrogens with one attached hydrogen (secondary N) is 2. The van der Waals surface area contributed by atoms with Crippen LogP contribution in [0, 0.1) is 20.8 Å². The molecule has 3 atom stereocenters. The molecule has 470 valence electrons. The largest absolute Gasteiger partial charge is 0.489 e. The van der Waals surface area contributed by atoms with E-state index >= 15 is 0 Å². The summed E-state index contributed by atoms with van der Waals surface area (Å²) in [5.41, 5.74) is 12.8. The number of para-hydroxylation sites is 3. The first kappa shape index (κ1) is 66.4. The summed E-state index contributed by atoms with van der Waals surface area (Å²) in [6.45, 7) is 9.92. The Morgan fingerprint density at radius 1 is 0.472 bits per heavy atom. The Bertz CT molecular complexity index is 3660. The number of esters is 2. The van der Waals surface area contributed by atoms with E-state index in [0.717, 1.165) is 115 Å². The molecule has 3 saturated carbocycles. The highest BCUT2D eigenvalue weighted by Crippen LogP contribution is 2.39. The lowest BCUT2D eigenvalue weighted by atomic mass is 9.94. The van der Waals surface area contributed by atoms with Gasteiger partial charge in [0.05, 0.1) is 42.7 Å². The minimum absolute atomic E-state index is 0.133. The van der Waals surface area contributed by atoms with Crippen LogP contribution in [0.3, 0.4) is 0 Å². The first-order chi connectivity index (χ1) is 42.5. The summed E-state index contributed by atoms with van der Waals surface area (Å²) in [7, 11) is 0. The van der Waals surface area contributed by atoms with Gasteiger partial charge >= 0.3 is 23.9 Å². The number of hydrogen-bond donors (Lipinski definition) is 5. The van der Waals surface area contributed by atoms with Crippen molar-refractivity contribution in [2.75, 3.05) is 13.2 Å². The Morgan fingerprint density at radius 3 is 1.20 bits per heavy atom. The van der Waals surface area contributed by atoms with Crippen molar-refractivity contribution in [1.82, 2.24) is 10.6 Å². The zero-order valence-electron chi connectivity index (χ0n) is 50.7. The number of aromatic carboxylic acids is 1. The first-order valence-electron chi connectivity index (χ1n) is 30.4. The number of amides is 2. The number of carboxylic acid groups (broad SMARTS) is 2. The van der Waals surface area contributed by atoms with Crippen LogP contribution in [0.2, 0.25) is 0 Å². The summed E-state index contributed by atoms with van der Waals surface area (Å²) in [6, 6.07) is 33.8. The molecule has 16 nitrogen and oxygen atoms in total. The normalized spacial score (nSPS) is 20.2. The smallest absolute Gasteiger partial charge is 0.339 e. The third kappa shape index (κ3) is 15.6. The maximum Gasteiger partial charge on any atom is 0.339 e. The van der Waals surface area contributed by atoms with Crippen molar-refractivity contribution in [3.05, 3.63) is 189 Å². The monoisotopic (exact) mass is 1400 g/mol. The second kappa shape index (κ2) is 28.8. The van der Waals surface area contributed by atoms with Crippen molar-refractivity contribution >= 4 is 83.5 Å². The SMILES string of the molecule is CCOC(=O)C1(N)Cc2ccc(Br)cc2C1.CCOC(=O)C1(NC(=O)c2cccc(C)c2OC2CCC2)Cc2ccc(Br)cc2C1.Cc1cccc(C(=O)NC2(C(=O)O)Cc3ccc(Br)cc3C2)c1OC1CCC1.Cc1cccc(C(=O)O)c1OC1CCC1. The van der Waals surface area contributed by atoms with E-state index in [1.54, 1.807) is 44.2 Å². The van der Waals surface area contributed by atoms with Gasteiger partial charge in [-0.25, -0.2) is 14.4 Å². The lowest BCUT2D eigenvalue weighted by Crippen LogP contribution is -2.56. The number of ether oxygens (including phenoxy) is 5. The molecule has 12 rings (SSSR count). The van der Waals surface area contributed by atoms with E-state index < -0.39 is 40.4 Å². The van der Waals surface area contributed by atoms with Crippen LogP contribution in [-0.4, -0.2) is 94.0 Å². The second-order valence-corrected chi connectivity index (χ2v) is 26.7. The Morgan fingerprint density at radius 2 is 0.809 bits per heavy atom. The van der Waals surface area contributed by atoms with Crippen LogP contribution < -0.4 is 30.6 Å². The number of aliphatic carboxylic acids is 1. The highest BCUT2D eigenvalue weighted by Gasteiger charge is 2.48. The van der Waals surface area contributed by atoms with Gasteiger partial charge in [-0.15, -0.1) is 0 Å². The fourth-order valence-electron chi connectivity index (χ4n) is 11.7. The number of carbonyl (C=O) groups is 6. The Hall–Kier alpha value is -7.06. The highest BCUT2D eigenvalue weighted by molar-refractivity contribution is 9.11. The maximum absolute atomic E-state index is 13.4. The Kier molecular flexibility index (Phi) is 21.5. The summed E-state index contributed by atoms with van der Waals surface area (Å²) in [6.07, 6.45) is 12.5. The van der Waals surface area contributed by atoms with Crippen LogP contribution in [-0.2, 0) is 62.4 Å². The number of halogens is 3. The number of rotatable bonds is 16. The molecule has 6 aromatic carbocycles. The van der Waals surface area contributed by atoms with Gasteiger partial charge in [0.25, 0.3) is 11.8 Å². The summed E-state index contributed by atoms with van der Waals surface area (Å²) >= 11 is 10.3. The van der Waals surface area contributed by atoms with Gasteiger partial charge in [0, 0.05) is 51.9 Å². The molecule has 3 unspecified atom stereocenters. The number of carboxylic acids is 2. The fourth-order valence-corrected chi connectivity index (χ4v) is 12.9.